The number of rotatable bonds is 5. The van der Waals surface area contributed by atoms with Crippen molar-refractivity contribution in [3.63, 3.8) is 0 Å². The summed E-state index contributed by atoms with van der Waals surface area (Å²) in [5.74, 6) is 0.685. The second-order valence-corrected chi connectivity index (χ2v) is 9.38. The molecule has 1 aliphatic heterocycles. The molecule has 4 heterocycles. The van der Waals surface area contributed by atoms with Crippen LogP contribution in [0, 0.1) is 0 Å². The van der Waals surface area contributed by atoms with Crippen LogP contribution in [0.2, 0.25) is 5.02 Å². The van der Waals surface area contributed by atoms with Crippen molar-refractivity contribution in [2.75, 3.05) is 6.61 Å². The molecule has 148 valence electrons. The third-order valence-electron chi connectivity index (χ3n) is 4.98. The lowest BCUT2D eigenvalue weighted by molar-refractivity contribution is 0.0938. The van der Waals surface area contributed by atoms with E-state index in [0.29, 0.717) is 27.2 Å². The molecule has 0 bridgehead atoms. The highest BCUT2D eigenvalue weighted by molar-refractivity contribution is 7.98. The highest BCUT2D eigenvalue weighted by Crippen LogP contribution is 2.32. The second kappa shape index (κ2) is 8.07. The second-order valence-electron chi connectivity index (χ2n) is 7.00. The van der Waals surface area contributed by atoms with E-state index in [1.54, 1.807) is 22.5 Å². The average Bonchev–Trinajstić information content (AvgIpc) is 3.37. The van der Waals surface area contributed by atoms with E-state index in [1.165, 1.54) is 11.3 Å². The minimum absolute atomic E-state index is 0.0119. The van der Waals surface area contributed by atoms with E-state index in [0.717, 1.165) is 40.7 Å². The highest BCUT2D eigenvalue weighted by atomic mass is 35.5. The fourth-order valence-electron chi connectivity index (χ4n) is 3.58. The van der Waals surface area contributed by atoms with Crippen LogP contribution >= 0.6 is 34.7 Å². The molecular weight excluding hydrogens is 426 g/mol. The van der Waals surface area contributed by atoms with Gasteiger partial charge in [0.05, 0.1) is 18.2 Å². The van der Waals surface area contributed by atoms with Gasteiger partial charge in [0.1, 0.15) is 9.53 Å². The number of ether oxygens (including phenoxy) is 1. The van der Waals surface area contributed by atoms with Crippen molar-refractivity contribution in [3.8, 4) is 0 Å². The summed E-state index contributed by atoms with van der Waals surface area (Å²) in [5.41, 5.74) is 1.82. The molecule has 1 aliphatic rings. The van der Waals surface area contributed by atoms with Crippen LogP contribution in [0.4, 0.5) is 0 Å². The van der Waals surface area contributed by atoms with Gasteiger partial charge in [-0.2, -0.15) is 0 Å². The van der Waals surface area contributed by atoms with Crippen molar-refractivity contribution in [1.82, 2.24) is 14.5 Å². The van der Waals surface area contributed by atoms with Gasteiger partial charge in [-0.3, -0.25) is 9.36 Å². The van der Waals surface area contributed by atoms with Crippen LogP contribution in [0.25, 0.3) is 20.4 Å². The minimum atomic E-state index is -0.0119. The predicted octanol–water partition coefficient (Wildman–Crippen LogP) is 5.13. The molecule has 0 aliphatic carbocycles. The molecule has 0 spiro atoms. The molecule has 0 N–H and O–H groups in total. The molecule has 5 rings (SSSR count). The van der Waals surface area contributed by atoms with Gasteiger partial charge in [0.25, 0.3) is 5.56 Å². The van der Waals surface area contributed by atoms with Crippen molar-refractivity contribution in [2.45, 2.75) is 36.4 Å². The Morgan fingerprint density at radius 2 is 2.24 bits per heavy atom. The number of halogens is 1. The van der Waals surface area contributed by atoms with Gasteiger partial charge in [-0.1, -0.05) is 35.5 Å². The first-order chi connectivity index (χ1) is 14.2. The Morgan fingerprint density at radius 1 is 1.31 bits per heavy atom. The van der Waals surface area contributed by atoms with Crippen LogP contribution in [-0.2, 0) is 17.0 Å². The Hall–Kier alpha value is -1.93. The van der Waals surface area contributed by atoms with Crippen molar-refractivity contribution in [3.05, 3.63) is 63.5 Å². The first kappa shape index (κ1) is 19.1. The van der Waals surface area contributed by atoms with E-state index in [1.807, 2.05) is 36.4 Å². The van der Waals surface area contributed by atoms with Crippen molar-refractivity contribution < 1.29 is 4.74 Å². The summed E-state index contributed by atoms with van der Waals surface area (Å²) >= 11 is 9.09. The van der Waals surface area contributed by atoms with Crippen LogP contribution in [0.5, 0.6) is 0 Å². The highest BCUT2D eigenvalue weighted by Gasteiger charge is 2.22. The Bertz CT molecular complexity index is 1250. The number of nitrogens with zero attached hydrogens (tertiary/aromatic N) is 3. The average molecular weight is 444 g/mol. The molecule has 1 fully saturated rings. The quantitative estimate of drug-likeness (QED) is 0.316. The summed E-state index contributed by atoms with van der Waals surface area (Å²) in [4.78, 5) is 23.5. The van der Waals surface area contributed by atoms with Gasteiger partial charge >= 0.3 is 0 Å². The van der Waals surface area contributed by atoms with Crippen LogP contribution in [-0.4, -0.2) is 27.2 Å². The first-order valence-electron chi connectivity index (χ1n) is 9.46. The lowest BCUT2D eigenvalue weighted by Crippen LogP contribution is -2.28. The van der Waals surface area contributed by atoms with Crippen LogP contribution in [0.3, 0.4) is 0 Å². The number of aromatic nitrogens is 3. The molecule has 0 amide bonds. The topological polar surface area (TPSA) is 57.0 Å². The number of hydrogen-bond donors (Lipinski definition) is 0. The number of thioether (sulfide) groups is 1. The van der Waals surface area contributed by atoms with Crippen LogP contribution in [0.1, 0.15) is 18.4 Å². The number of hydrogen-bond acceptors (Lipinski definition) is 6. The Balaban J connectivity index is 1.60. The maximum Gasteiger partial charge on any atom is 0.272 e. The molecule has 1 unspecified atom stereocenters. The van der Waals surface area contributed by atoms with Gasteiger partial charge < -0.3 is 4.74 Å². The zero-order chi connectivity index (χ0) is 19.8. The maximum atomic E-state index is 13.4. The van der Waals surface area contributed by atoms with Crippen LogP contribution in [0.15, 0.2) is 52.5 Å². The molecule has 5 nitrogen and oxygen atoms in total. The smallest absolute Gasteiger partial charge is 0.272 e. The fourth-order valence-corrected chi connectivity index (χ4v) is 5.77. The third-order valence-corrected chi connectivity index (χ3v) is 7.36. The maximum absolute atomic E-state index is 13.4. The van der Waals surface area contributed by atoms with Gasteiger partial charge in [0.2, 0.25) is 0 Å². The lowest BCUT2D eigenvalue weighted by atomic mass is 10.2. The molecule has 0 radical (unpaired) electrons. The standard InChI is InChI=1S/C21H18ClN3O2S2/c22-14-5-1-4-13(10-14)12-28-21-24-17-16-7-2-8-23-19(16)29-18(17)20(26)25(21)11-15-6-3-9-27-15/h1-2,4-5,7-8,10,15H,3,6,9,11-12H2. The van der Waals surface area contributed by atoms with Gasteiger partial charge in [0, 0.05) is 29.0 Å². The SMILES string of the molecule is O=c1c2sc3ncccc3c2nc(SCc2cccc(Cl)c2)n1CC1CCCO1. The number of pyridine rings is 1. The van der Waals surface area contributed by atoms with E-state index in [9.17, 15) is 4.79 Å². The van der Waals surface area contributed by atoms with E-state index >= 15 is 0 Å². The summed E-state index contributed by atoms with van der Waals surface area (Å²) in [7, 11) is 0. The van der Waals surface area contributed by atoms with Crippen LogP contribution < -0.4 is 5.56 Å². The van der Waals surface area contributed by atoms with Gasteiger partial charge in [0.15, 0.2) is 5.16 Å². The van der Waals surface area contributed by atoms with Gasteiger partial charge in [-0.25, -0.2) is 9.97 Å². The summed E-state index contributed by atoms with van der Waals surface area (Å²) in [6.07, 6.45) is 3.81. The molecule has 8 heteroatoms. The zero-order valence-electron chi connectivity index (χ0n) is 15.5. The summed E-state index contributed by atoms with van der Waals surface area (Å²) in [6, 6.07) is 11.6. The van der Waals surface area contributed by atoms with Gasteiger partial charge in [-0.05, 0) is 42.7 Å². The molecule has 1 saturated heterocycles. The molecule has 4 aromatic rings. The Kier molecular flexibility index (Phi) is 5.30. The van der Waals surface area contributed by atoms with E-state index in [-0.39, 0.29) is 11.7 Å². The summed E-state index contributed by atoms with van der Waals surface area (Å²) in [5, 5.41) is 2.35. The number of benzene rings is 1. The van der Waals surface area contributed by atoms with Crippen molar-refractivity contribution >= 4 is 55.1 Å². The predicted molar refractivity (Wildman–Crippen MR) is 119 cm³/mol. The molecular formula is C21H18ClN3O2S2. The molecule has 1 atom stereocenters. The van der Waals surface area contributed by atoms with E-state index in [4.69, 9.17) is 21.3 Å². The Morgan fingerprint density at radius 3 is 3.07 bits per heavy atom. The molecule has 3 aromatic heterocycles. The summed E-state index contributed by atoms with van der Waals surface area (Å²) < 4.78 is 8.23. The van der Waals surface area contributed by atoms with E-state index < -0.39 is 0 Å². The fraction of sp³-hybridized carbons (Fsp3) is 0.286. The third kappa shape index (κ3) is 3.80. The zero-order valence-corrected chi connectivity index (χ0v) is 17.9. The normalized spacial score (nSPS) is 16.8. The largest absolute Gasteiger partial charge is 0.376 e. The van der Waals surface area contributed by atoms with E-state index in [2.05, 4.69) is 4.98 Å². The Labute approximate surface area is 180 Å². The van der Waals surface area contributed by atoms with Crippen molar-refractivity contribution in [2.24, 2.45) is 0 Å². The first-order valence-corrected chi connectivity index (χ1v) is 11.6. The van der Waals surface area contributed by atoms with Crippen molar-refractivity contribution in [1.29, 1.82) is 0 Å². The molecule has 29 heavy (non-hydrogen) atoms. The molecule has 0 saturated carbocycles. The monoisotopic (exact) mass is 443 g/mol. The summed E-state index contributed by atoms with van der Waals surface area (Å²) in [6.45, 7) is 1.29. The number of fused-ring (bicyclic) bond motifs is 3. The minimum Gasteiger partial charge on any atom is -0.376 e. The lowest BCUT2D eigenvalue weighted by Gasteiger charge is -2.15. The van der Waals surface area contributed by atoms with Gasteiger partial charge in [-0.15, -0.1) is 11.3 Å². The number of thiophene rings is 1. The molecule has 1 aromatic carbocycles.